The summed E-state index contributed by atoms with van der Waals surface area (Å²) in [7, 11) is 0. The van der Waals surface area contributed by atoms with Crippen LogP contribution in [-0.2, 0) is 4.79 Å². The third-order valence-corrected chi connectivity index (χ3v) is 2.69. The van der Waals surface area contributed by atoms with Gasteiger partial charge in [0.1, 0.15) is 6.04 Å². The van der Waals surface area contributed by atoms with E-state index in [-0.39, 0.29) is 5.54 Å². The molecule has 4 nitrogen and oxygen atoms in total. The molecule has 1 rings (SSSR count). The van der Waals surface area contributed by atoms with Crippen LogP contribution in [0.5, 0.6) is 0 Å². The SMILES string of the molecule is CC(C(=O)O)N1CCNCC1(C)C. The fourth-order valence-corrected chi connectivity index (χ4v) is 1.85. The molecule has 0 aromatic carbocycles. The maximum Gasteiger partial charge on any atom is 0.320 e. The third-order valence-electron chi connectivity index (χ3n) is 2.69. The highest BCUT2D eigenvalue weighted by Crippen LogP contribution is 2.19. The maximum absolute atomic E-state index is 10.8. The molecule has 0 aromatic heterocycles. The summed E-state index contributed by atoms with van der Waals surface area (Å²) in [6.45, 7) is 8.42. The molecule has 76 valence electrons. The topological polar surface area (TPSA) is 52.6 Å². The van der Waals surface area contributed by atoms with E-state index in [9.17, 15) is 4.79 Å². The summed E-state index contributed by atoms with van der Waals surface area (Å²) in [4.78, 5) is 12.9. The molecule has 13 heavy (non-hydrogen) atoms. The van der Waals surface area contributed by atoms with E-state index in [1.165, 1.54) is 0 Å². The quantitative estimate of drug-likeness (QED) is 0.644. The first-order chi connectivity index (χ1) is 5.95. The van der Waals surface area contributed by atoms with Gasteiger partial charge in [0.15, 0.2) is 0 Å². The lowest BCUT2D eigenvalue weighted by molar-refractivity contribution is -0.145. The standard InChI is InChI=1S/C9H18N2O2/c1-7(8(12)13)11-5-4-10-6-9(11,2)3/h7,10H,4-6H2,1-3H3,(H,12,13). The Hall–Kier alpha value is -0.610. The van der Waals surface area contributed by atoms with E-state index in [4.69, 9.17) is 5.11 Å². The summed E-state index contributed by atoms with van der Waals surface area (Å²) in [5.74, 6) is -0.741. The fraction of sp³-hybridized carbons (Fsp3) is 0.889. The first kappa shape index (κ1) is 10.5. The number of hydrogen-bond donors (Lipinski definition) is 2. The number of nitrogens with zero attached hydrogens (tertiary/aromatic N) is 1. The Morgan fingerprint density at radius 2 is 2.23 bits per heavy atom. The summed E-state index contributed by atoms with van der Waals surface area (Å²) in [5.41, 5.74) is -0.0595. The molecule has 0 saturated carbocycles. The predicted octanol–water partition coefficient (Wildman–Crippen LogP) is 0.143. The van der Waals surface area contributed by atoms with Gasteiger partial charge in [-0.05, 0) is 20.8 Å². The number of hydrogen-bond acceptors (Lipinski definition) is 3. The van der Waals surface area contributed by atoms with Crippen LogP contribution in [0.3, 0.4) is 0 Å². The minimum Gasteiger partial charge on any atom is -0.480 e. The first-order valence-corrected chi connectivity index (χ1v) is 4.65. The lowest BCUT2D eigenvalue weighted by Crippen LogP contribution is -2.62. The van der Waals surface area contributed by atoms with Crippen molar-refractivity contribution < 1.29 is 9.90 Å². The Balaban J connectivity index is 2.70. The van der Waals surface area contributed by atoms with Crippen molar-refractivity contribution in [2.24, 2.45) is 0 Å². The normalized spacial score (nSPS) is 25.5. The van der Waals surface area contributed by atoms with E-state index in [0.29, 0.717) is 0 Å². The van der Waals surface area contributed by atoms with Crippen LogP contribution in [0.4, 0.5) is 0 Å². The van der Waals surface area contributed by atoms with E-state index < -0.39 is 12.0 Å². The van der Waals surface area contributed by atoms with Crippen LogP contribution < -0.4 is 5.32 Å². The molecule has 2 N–H and O–H groups in total. The van der Waals surface area contributed by atoms with E-state index in [1.54, 1.807) is 6.92 Å². The molecule has 1 unspecified atom stereocenters. The predicted molar refractivity (Wildman–Crippen MR) is 50.8 cm³/mol. The Labute approximate surface area is 78.9 Å². The van der Waals surface area contributed by atoms with Crippen molar-refractivity contribution in [2.45, 2.75) is 32.4 Å². The smallest absolute Gasteiger partial charge is 0.320 e. The summed E-state index contributed by atoms with van der Waals surface area (Å²) in [6.07, 6.45) is 0. The van der Waals surface area contributed by atoms with E-state index in [0.717, 1.165) is 19.6 Å². The fourth-order valence-electron chi connectivity index (χ4n) is 1.85. The third kappa shape index (κ3) is 2.19. The van der Waals surface area contributed by atoms with Gasteiger partial charge < -0.3 is 10.4 Å². The second kappa shape index (κ2) is 3.64. The van der Waals surface area contributed by atoms with Gasteiger partial charge >= 0.3 is 5.97 Å². The van der Waals surface area contributed by atoms with Crippen molar-refractivity contribution in [3.63, 3.8) is 0 Å². The van der Waals surface area contributed by atoms with Crippen molar-refractivity contribution in [1.29, 1.82) is 0 Å². The molecule has 1 saturated heterocycles. The van der Waals surface area contributed by atoms with Crippen LogP contribution in [0.1, 0.15) is 20.8 Å². The first-order valence-electron chi connectivity index (χ1n) is 4.65. The number of carboxylic acids is 1. The van der Waals surface area contributed by atoms with Crippen molar-refractivity contribution in [3.05, 3.63) is 0 Å². The molecule has 0 aromatic rings. The van der Waals surface area contributed by atoms with Gasteiger partial charge in [-0.15, -0.1) is 0 Å². The van der Waals surface area contributed by atoms with Crippen molar-refractivity contribution >= 4 is 5.97 Å². The monoisotopic (exact) mass is 186 g/mol. The Kier molecular flexibility index (Phi) is 2.93. The zero-order valence-electron chi connectivity index (χ0n) is 8.50. The second-order valence-corrected chi connectivity index (χ2v) is 4.20. The summed E-state index contributed by atoms with van der Waals surface area (Å²) >= 11 is 0. The molecule has 4 heteroatoms. The second-order valence-electron chi connectivity index (χ2n) is 4.20. The summed E-state index contributed by atoms with van der Waals surface area (Å²) < 4.78 is 0. The van der Waals surface area contributed by atoms with Crippen LogP contribution >= 0.6 is 0 Å². The van der Waals surface area contributed by atoms with Gasteiger partial charge in [0.25, 0.3) is 0 Å². The highest BCUT2D eigenvalue weighted by Gasteiger charge is 2.35. The molecule has 0 amide bonds. The lowest BCUT2D eigenvalue weighted by atomic mass is 9.98. The number of carbonyl (C=O) groups is 1. The van der Waals surface area contributed by atoms with Gasteiger partial charge in [-0.25, -0.2) is 0 Å². The number of carboxylic acid groups (broad SMARTS) is 1. The zero-order valence-corrected chi connectivity index (χ0v) is 8.50. The lowest BCUT2D eigenvalue weighted by Gasteiger charge is -2.44. The molecule has 0 radical (unpaired) electrons. The molecule has 0 bridgehead atoms. The molecule has 1 heterocycles. The Bertz CT molecular complexity index is 204. The van der Waals surface area contributed by atoms with E-state index >= 15 is 0 Å². The van der Waals surface area contributed by atoms with Gasteiger partial charge in [0.05, 0.1) is 0 Å². The molecule has 0 aliphatic carbocycles. The zero-order chi connectivity index (χ0) is 10.1. The van der Waals surface area contributed by atoms with Gasteiger partial charge in [-0.2, -0.15) is 0 Å². The average Bonchev–Trinajstić information content (AvgIpc) is 2.02. The molecule has 1 atom stereocenters. The molecular formula is C9H18N2O2. The number of piperazine rings is 1. The van der Waals surface area contributed by atoms with Crippen LogP contribution in [0.2, 0.25) is 0 Å². The number of nitrogens with one attached hydrogen (secondary N) is 1. The molecular weight excluding hydrogens is 168 g/mol. The van der Waals surface area contributed by atoms with Gasteiger partial charge in [0.2, 0.25) is 0 Å². The highest BCUT2D eigenvalue weighted by atomic mass is 16.4. The number of aliphatic carboxylic acids is 1. The van der Waals surface area contributed by atoms with E-state index in [2.05, 4.69) is 19.2 Å². The van der Waals surface area contributed by atoms with Crippen LogP contribution in [0, 0.1) is 0 Å². The average molecular weight is 186 g/mol. The minimum absolute atomic E-state index is 0.0595. The van der Waals surface area contributed by atoms with Gasteiger partial charge in [0, 0.05) is 25.2 Å². The van der Waals surface area contributed by atoms with Crippen LogP contribution in [-0.4, -0.2) is 47.2 Å². The van der Waals surface area contributed by atoms with Crippen molar-refractivity contribution in [2.75, 3.05) is 19.6 Å². The van der Waals surface area contributed by atoms with Crippen LogP contribution in [0.15, 0.2) is 0 Å². The van der Waals surface area contributed by atoms with Gasteiger partial charge in [-0.1, -0.05) is 0 Å². The Morgan fingerprint density at radius 3 is 2.69 bits per heavy atom. The summed E-state index contributed by atoms with van der Waals surface area (Å²) in [5, 5.41) is 12.2. The van der Waals surface area contributed by atoms with Crippen molar-refractivity contribution in [1.82, 2.24) is 10.2 Å². The molecule has 1 aliphatic heterocycles. The highest BCUT2D eigenvalue weighted by molar-refractivity contribution is 5.73. The van der Waals surface area contributed by atoms with E-state index in [1.807, 2.05) is 4.90 Å². The molecule has 1 aliphatic rings. The summed E-state index contributed by atoms with van der Waals surface area (Å²) in [6, 6.07) is -0.392. The number of rotatable bonds is 2. The minimum atomic E-state index is -0.741. The molecule has 1 fully saturated rings. The van der Waals surface area contributed by atoms with Crippen molar-refractivity contribution in [3.8, 4) is 0 Å². The maximum atomic E-state index is 10.8. The largest absolute Gasteiger partial charge is 0.480 e. The van der Waals surface area contributed by atoms with Crippen LogP contribution in [0.25, 0.3) is 0 Å². The Morgan fingerprint density at radius 1 is 1.62 bits per heavy atom. The molecule has 0 spiro atoms. The van der Waals surface area contributed by atoms with Gasteiger partial charge in [-0.3, -0.25) is 9.69 Å².